The second kappa shape index (κ2) is 8.85. The molecule has 0 aromatic heterocycles. The van der Waals surface area contributed by atoms with Crippen LogP contribution in [0, 0.1) is 5.92 Å². The molecular formula is C27H27NO5. The van der Waals surface area contributed by atoms with Gasteiger partial charge in [-0.1, -0.05) is 43.3 Å². The van der Waals surface area contributed by atoms with Gasteiger partial charge in [-0.25, -0.2) is 0 Å². The zero-order valence-electron chi connectivity index (χ0n) is 18.9. The van der Waals surface area contributed by atoms with Gasteiger partial charge in [0.1, 0.15) is 5.92 Å². The summed E-state index contributed by atoms with van der Waals surface area (Å²) in [6, 6.07) is 15.7. The minimum Gasteiger partial charge on any atom is -0.465 e. The van der Waals surface area contributed by atoms with Crippen molar-refractivity contribution in [1.82, 2.24) is 0 Å². The van der Waals surface area contributed by atoms with E-state index >= 15 is 0 Å². The Bertz CT molecular complexity index is 1150. The molecule has 0 saturated carbocycles. The fourth-order valence-electron chi connectivity index (χ4n) is 5.08. The standard InChI is InChI=1S/C27H27NO5/c1-3-11-31-27(30)24-16(2)28-20-12-19(17-7-5-4-6-8-17)13-21(29)26(20)25(24)18-9-10-22-23(14-18)33-15-32-22/h4-10,14,19,24-25H,3,11-13,15H2,1-2H3/t19-,24?,25-/m1/s1. The molecule has 6 nitrogen and oxygen atoms in total. The maximum atomic E-state index is 13.6. The number of fused-ring (bicyclic) bond motifs is 1. The van der Waals surface area contributed by atoms with Gasteiger partial charge >= 0.3 is 5.97 Å². The number of carbonyl (C=O) groups excluding carboxylic acids is 2. The van der Waals surface area contributed by atoms with E-state index in [0.29, 0.717) is 42.2 Å². The van der Waals surface area contributed by atoms with Crippen LogP contribution in [0.4, 0.5) is 0 Å². The molecule has 2 aromatic carbocycles. The van der Waals surface area contributed by atoms with Gasteiger partial charge in [-0.3, -0.25) is 14.6 Å². The van der Waals surface area contributed by atoms with Crippen LogP contribution in [0.15, 0.2) is 64.8 Å². The van der Waals surface area contributed by atoms with Crippen molar-refractivity contribution in [2.75, 3.05) is 13.4 Å². The molecule has 2 aliphatic heterocycles. The molecule has 0 fully saturated rings. The van der Waals surface area contributed by atoms with Crippen molar-refractivity contribution in [3.8, 4) is 11.5 Å². The van der Waals surface area contributed by atoms with Crippen molar-refractivity contribution < 1.29 is 23.8 Å². The third-order valence-corrected chi connectivity index (χ3v) is 6.62. The molecule has 6 heteroatoms. The minimum absolute atomic E-state index is 0.0392. The van der Waals surface area contributed by atoms with Crippen LogP contribution >= 0.6 is 0 Å². The number of nitrogens with zero attached hydrogens (tertiary/aromatic N) is 1. The van der Waals surface area contributed by atoms with Crippen LogP contribution in [-0.2, 0) is 14.3 Å². The lowest BCUT2D eigenvalue weighted by Crippen LogP contribution is -2.38. The molecule has 33 heavy (non-hydrogen) atoms. The summed E-state index contributed by atoms with van der Waals surface area (Å²) in [5.74, 6) is -0.0367. The molecule has 1 unspecified atom stereocenters. The fraction of sp³-hybridized carbons (Fsp3) is 0.370. The second-order valence-corrected chi connectivity index (χ2v) is 8.79. The van der Waals surface area contributed by atoms with Crippen molar-refractivity contribution >= 4 is 17.5 Å². The Kier molecular flexibility index (Phi) is 5.75. The van der Waals surface area contributed by atoms with Crippen LogP contribution in [0.25, 0.3) is 0 Å². The number of carbonyl (C=O) groups is 2. The van der Waals surface area contributed by atoms with E-state index in [1.807, 2.05) is 50.2 Å². The number of allylic oxidation sites excluding steroid dienone is 2. The van der Waals surface area contributed by atoms with Crippen molar-refractivity contribution in [1.29, 1.82) is 0 Å². The summed E-state index contributed by atoms with van der Waals surface area (Å²) in [6.45, 7) is 4.32. The molecule has 0 radical (unpaired) electrons. The van der Waals surface area contributed by atoms with Gasteiger partial charge in [-0.05, 0) is 48.9 Å². The zero-order valence-corrected chi connectivity index (χ0v) is 18.9. The molecule has 0 amide bonds. The van der Waals surface area contributed by atoms with Crippen molar-refractivity contribution in [2.45, 2.75) is 44.9 Å². The average Bonchev–Trinajstić information content (AvgIpc) is 3.30. The average molecular weight is 446 g/mol. The Morgan fingerprint density at radius 1 is 1.06 bits per heavy atom. The summed E-state index contributed by atoms with van der Waals surface area (Å²) in [5, 5.41) is 0. The topological polar surface area (TPSA) is 74.2 Å². The quantitative estimate of drug-likeness (QED) is 0.609. The third-order valence-electron chi connectivity index (χ3n) is 6.62. The third kappa shape index (κ3) is 3.94. The van der Waals surface area contributed by atoms with Gasteiger partial charge in [0.05, 0.1) is 6.61 Å². The molecule has 1 aliphatic carbocycles. The van der Waals surface area contributed by atoms with E-state index < -0.39 is 11.8 Å². The molecule has 3 aliphatic rings. The van der Waals surface area contributed by atoms with E-state index in [4.69, 9.17) is 19.2 Å². The molecular weight excluding hydrogens is 418 g/mol. The Labute approximate surface area is 193 Å². The largest absolute Gasteiger partial charge is 0.465 e. The molecule has 3 atom stereocenters. The zero-order chi connectivity index (χ0) is 22.9. The first-order chi connectivity index (χ1) is 16.1. The SMILES string of the molecule is CCCOC(=O)C1C(C)=NC2=C(C(=O)C[C@H](c3ccccc3)C2)[C@@H]1c1ccc2c(c1)OCO2. The van der Waals surface area contributed by atoms with Crippen LogP contribution in [0.3, 0.4) is 0 Å². The highest BCUT2D eigenvalue weighted by molar-refractivity contribution is 6.09. The summed E-state index contributed by atoms with van der Waals surface area (Å²) < 4.78 is 16.6. The highest BCUT2D eigenvalue weighted by Crippen LogP contribution is 2.48. The molecule has 0 bridgehead atoms. The lowest BCUT2D eigenvalue weighted by molar-refractivity contribution is -0.146. The lowest BCUT2D eigenvalue weighted by atomic mass is 9.69. The minimum atomic E-state index is -0.645. The van der Waals surface area contributed by atoms with Gasteiger partial charge in [0.2, 0.25) is 6.79 Å². The van der Waals surface area contributed by atoms with Gasteiger partial charge in [-0.15, -0.1) is 0 Å². The lowest BCUT2D eigenvalue weighted by Gasteiger charge is -2.36. The normalized spacial score (nSPS) is 23.8. The molecule has 2 aromatic rings. The van der Waals surface area contributed by atoms with Crippen LogP contribution in [0.1, 0.15) is 56.1 Å². The van der Waals surface area contributed by atoms with E-state index in [2.05, 4.69) is 12.1 Å². The van der Waals surface area contributed by atoms with E-state index in [9.17, 15) is 9.59 Å². The predicted molar refractivity (Wildman–Crippen MR) is 124 cm³/mol. The Morgan fingerprint density at radius 3 is 2.64 bits per heavy atom. The Balaban J connectivity index is 1.58. The predicted octanol–water partition coefficient (Wildman–Crippen LogP) is 4.94. The van der Waals surface area contributed by atoms with Crippen LogP contribution in [-0.4, -0.2) is 30.9 Å². The monoisotopic (exact) mass is 445 g/mol. The van der Waals surface area contributed by atoms with Gasteiger partial charge in [0.25, 0.3) is 0 Å². The molecule has 0 saturated heterocycles. The number of benzene rings is 2. The molecule has 170 valence electrons. The molecule has 2 heterocycles. The first-order valence-electron chi connectivity index (χ1n) is 11.5. The molecule has 0 spiro atoms. The Hall–Kier alpha value is -3.41. The van der Waals surface area contributed by atoms with Crippen molar-refractivity contribution in [2.24, 2.45) is 10.9 Å². The second-order valence-electron chi connectivity index (χ2n) is 8.79. The van der Waals surface area contributed by atoms with Crippen LogP contribution in [0.2, 0.25) is 0 Å². The maximum Gasteiger partial charge on any atom is 0.315 e. The van der Waals surface area contributed by atoms with E-state index in [-0.39, 0.29) is 24.5 Å². The number of esters is 1. The molecule has 0 N–H and O–H groups in total. The number of rotatable bonds is 5. The highest BCUT2D eigenvalue weighted by atomic mass is 16.7. The number of hydrogen-bond acceptors (Lipinski definition) is 6. The highest BCUT2D eigenvalue weighted by Gasteiger charge is 2.45. The van der Waals surface area contributed by atoms with Crippen molar-refractivity contribution in [3.63, 3.8) is 0 Å². The maximum absolute atomic E-state index is 13.6. The number of Topliss-reactive ketones (excluding diaryl/α,β-unsaturated/α-hetero) is 1. The summed E-state index contributed by atoms with van der Waals surface area (Å²) in [6.07, 6.45) is 1.80. The number of aliphatic imine (C=N–C) groups is 1. The van der Waals surface area contributed by atoms with Crippen molar-refractivity contribution in [3.05, 3.63) is 70.9 Å². The number of hydrogen-bond donors (Lipinski definition) is 0. The Morgan fingerprint density at radius 2 is 1.85 bits per heavy atom. The van der Waals surface area contributed by atoms with E-state index in [1.54, 1.807) is 0 Å². The van der Waals surface area contributed by atoms with E-state index in [0.717, 1.165) is 23.2 Å². The molecule has 5 rings (SSSR count). The first-order valence-corrected chi connectivity index (χ1v) is 11.5. The van der Waals surface area contributed by atoms with Crippen LogP contribution in [0.5, 0.6) is 11.5 Å². The smallest absolute Gasteiger partial charge is 0.315 e. The summed E-state index contributed by atoms with van der Waals surface area (Å²) in [4.78, 5) is 31.6. The first kappa shape index (κ1) is 21.4. The van der Waals surface area contributed by atoms with Gasteiger partial charge in [0.15, 0.2) is 17.3 Å². The summed E-state index contributed by atoms with van der Waals surface area (Å²) >= 11 is 0. The number of ketones is 1. The van der Waals surface area contributed by atoms with E-state index in [1.165, 1.54) is 0 Å². The number of ether oxygens (including phenoxy) is 3. The van der Waals surface area contributed by atoms with Crippen LogP contribution < -0.4 is 9.47 Å². The summed E-state index contributed by atoms with van der Waals surface area (Å²) in [7, 11) is 0. The fourth-order valence-corrected chi connectivity index (χ4v) is 5.08. The van der Waals surface area contributed by atoms with Gasteiger partial charge in [-0.2, -0.15) is 0 Å². The van der Waals surface area contributed by atoms with Gasteiger partial charge in [0, 0.05) is 29.3 Å². The van der Waals surface area contributed by atoms with Gasteiger partial charge < -0.3 is 14.2 Å². The summed E-state index contributed by atoms with van der Waals surface area (Å²) in [5.41, 5.74) is 4.06.